The number of aromatic nitrogens is 3. The van der Waals surface area contributed by atoms with Crippen molar-refractivity contribution in [2.45, 2.75) is 6.54 Å². The van der Waals surface area contributed by atoms with Gasteiger partial charge >= 0.3 is 0 Å². The van der Waals surface area contributed by atoms with Crippen LogP contribution in [0.5, 0.6) is 5.88 Å². The van der Waals surface area contributed by atoms with E-state index in [9.17, 15) is 0 Å². The van der Waals surface area contributed by atoms with Crippen molar-refractivity contribution >= 4 is 33.9 Å². The lowest BCUT2D eigenvalue weighted by molar-refractivity contribution is 0.122. The molecule has 0 N–H and O–H groups in total. The second-order valence-electron chi connectivity index (χ2n) is 6.19. The number of rotatable bonds is 5. The van der Waals surface area contributed by atoms with E-state index in [1.807, 2.05) is 13.1 Å². The molecule has 1 aliphatic heterocycles. The molecule has 0 bridgehead atoms. The van der Waals surface area contributed by atoms with Crippen LogP contribution in [-0.2, 0) is 11.3 Å². The Morgan fingerprint density at radius 3 is 2.85 bits per heavy atom. The third-order valence-electron chi connectivity index (χ3n) is 4.48. The Labute approximate surface area is 156 Å². The second-order valence-corrected chi connectivity index (χ2v) is 7.08. The molecule has 136 valence electrons. The zero-order valence-electron chi connectivity index (χ0n) is 14.9. The molecule has 0 amide bonds. The topological polar surface area (TPSA) is 63.6 Å². The third-order valence-corrected chi connectivity index (χ3v) is 5.23. The molecule has 3 aromatic rings. The molecule has 0 radical (unpaired) electrons. The molecular weight excluding hydrogens is 350 g/mol. The minimum absolute atomic E-state index is 0.653. The SMILES string of the molecule is COc1cc(CN(C)c2ncnc3ccc(N4CCOCC4)cc23)sn1. The first-order valence-electron chi connectivity index (χ1n) is 8.53. The van der Waals surface area contributed by atoms with E-state index in [-0.39, 0.29) is 0 Å². The van der Waals surface area contributed by atoms with Gasteiger partial charge in [0.15, 0.2) is 0 Å². The fourth-order valence-corrected chi connectivity index (χ4v) is 3.87. The Kier molecular flexibility index (Phi) is 4.85. The van der Waals surface area contributed by atoms with Crippen molar-refractivity contribution in [1.82, 2.24) is 14.3 Å². The van der Waals surface area contributed by atoms with Gasteiger partial charge in [0, 0.05) is 42.2 Å². The van der Waals surface area contributed by atoms with Gasteiger partial charge in [0.25, 0.3) is 0 Å². The molecular formula is C18H21N5O2S. The number of benzene rings is 1. The predicted octanol–water partition coefficient (Wildman–Crippen LogP) is 2.57. The molecule has 7 nitrogen and oxygen atoms in total. The summed E-state index contributed by atoms with van der Waals surface area (Å²) < 4.78 is 14.9. The Bertz CT molecular complexity index is 894. The number of anilines is 2. The maximum Gasteiger partial charge on any atom is 0.225 e. The zero-order chi connectivity index (χ0) is 17.9. The highest BCUT2D eigenvalue weighted by atomic mass is 32.1. The van der Waals surface area contributed by atoms with Crippen LogP contribution in [0, 0.1) is 0 Å². The lowest BCUT2D eigenvalue weighted by Crippen LogP contribution is -2.36. The summed E-state index contributed by atoms with van der Waals surface area (Å²) in [6, 6.07) is 8.33. The highest BCUT2D eigenvalue weighted by Crippen LogP contribution is 2.29. The van der Waals surface area contributed by atoms with E-state index in [1.165, 1.54) is 17.2 Å². The van der Waals surface area contributed by atoms with Crippen molar-refractivity contribution in [3.05, 3.63) is 35.5 Å². The van der Waals surface area contributed by atoms with Crippen LogP contribution in [0.2, 0.25) is 0 Å². The van der Waals surface area contributed by atoms with Crippen LogP contribution in [0.4, 0.5) is 11.5 Å². The van der Waals surface area contributed by atoms with Crippen LogP contribution in [0.1, 0.15) is 4.88 Å². The summed E-state index contributed by atoms with van der Waals surface area (Å²) in [7, 11) is 3.67. The van der Waals surface area contributed by atoms with Gasteiger partial charge in [0.2, 0.25) is 5.88 Å². The molecule has 26 heavy (non-hydrogen) atoms. The molecule has 1 aliphatic rings. The Balaban J connectivity index is 1.64. The zero-order valence-corrected chi connectivity index (χ0v) is 15.7. The number of hydrogen-bond donors (Lipinski definition) is 0. The largest absolute Gasteiger partial charge is 0.480 e. The van der Waals surface area contributed by atoms with Crippen molar-refractivity contribution in [3.63, 3.8) is 0 Å². The standard InChI is InChI=1S/C18H21N5O2S/c1-22(11-14-10-17(24-2)21-26-14)18-15-9-13(23-5-7-25-8-6-23)3-4-16(15)19-12-20-18/h3-4,9-10,12H,5-8,11H2,1-2H3. The lowest BCUT2D eigenvalue weighted by atomic mass is 10.1. The highest BCUT2D eigenvalue weighted by molar-refractivity contribution is 7.05. The van der Waals surface area contributed by atoms with E-state index in [4.69, 9.17) is 9.47 Å². The fourth-order valence-electron chi connectivity index (χ4n) is 3.13. The van der Waals surface area contributed by atoms with Gasteiger partial charge in [-0.3, -0.25) is 0 Å². The molecule has 4 rings (SSSR count). The van der Waals surface area contributed by atoms with E-state index in [0.29, 0.717) is 5.88 Å². The van der Waals surface area contributed by atoms with Crippen LogP contribution in [0.3, 0.4) is 0 Å². The number of ether oxygens (including phenoxy) is 2. The van der Waals surface area contributed by atoms with E-state index in [1.54, 1.807) is 13.4 Å². The monoisotopic (exact) mass is 371 g/mol. The molecule has 8 heteroatoms. The van der Waals surface area contributed by atoms with Crippen LogP contribution >= 0.6 is 11.5 Å². The van der Waals surface area contributed by atoms with Crippen LogP contribution in [0.15, 0.2) is 30.6 Å². The maximum atomic E-state index is 5.46. The molecule has 0 saturated carbocycles. The molecule has 0 aliphatic carbocycles. The average Bonchev–Trinajstić information content (AvgIpc) is 3.15. The van der Waals surface area contributed by atoms with Gasteiger partial charge in [-0.15, -0.1) is 0 Å². The van der Waals surface area contributed by atoms with Crippen molar-refractivity contribution in [2.75, 3.05) is 50.3 Å². The van der Waals surface area contributed by atoms with Crippen molar-refractivity contribution in [1.29, 1.82) is 0 Å². The smallest absolute Gasteiger partial charge is 0.225 e. The predicted molar refractivity (Wildman–Crippen MR) is 103 cm³/mol. The summed E-state index contributed by atoms with van der Waals surface area (Å²) in [5, 5.41) is 1.05. The second kappa shape index (κ2) is 7.43. The van der Waals surface area contributed by atoms with Gasteiger partial charge in [0.05, 0.1) is 32.4 Å². The number of morpholine rings is 1. The maximum absolute atomic E-state index is 5.46. The normalized spacial score (nSPS) is 14.6. The summed E-state index contributed by atoms with van der Waals surface area (Å²) >= 11 is 1.45. The molecule has 0 spiro atoms. The van der Waals surface area contributed by atoms with E-state index >= 15 is 0 Å². The number of methoxy groups -OCH3 is 1. The van der Waals surface area contributed by atoms with Crippen molar-refractivity contribution in [2.24, 2.45) is 0 Å². The Morgan fingerprint density at radius 1 is 1.23 bits per heavy atom. The Morgan fingerprint density at radius 2 is 2.08 bits per heavy atom. The third kappa shape index (κ3) is 3.42. The molecule has 1 aromatic carbocycles. The summed E-state index contributed by atoms with van der Waals surface area (Å²) in [4.78, 5) is 14.6. The van der Waals surface area contributed by atoms with Crippen LogP contribution < -0.4 is 14.5 Å². The quantitative estimate of drug-likeness (QED) is 0.683. The van der Waals surface area contributed by atoms with Crippen LogP contribution in [0.25, 0.3) is 10.9 Å². The van der Waals surface area contributed by atoms with Gasteiger partial charge in [-0.25, -0.2) is 9.97 Å². The van der Waals surface area contributed by atoms with E-state index in [0.717, 1.165) is 54.4 Å². The van der Waals surface area contributed by atoms with Gasteiger partial charge in [0.1, 0.15) is 12.1 Å². The van der Waals surface area contributed by atoms with Gasteiger partial charge in [-0.1, -0.05) is 0 Å². The van der Waals surface area contributed by atoms with Gasteiger partial charge in [-0.05, 0) is 29.7 Å². The molecule has 1 saturated heterocycles. The molecule has 2 aromatic heterocycles. The minimum Gasteiger partial charge on any atom is -0.480 e. The molecule has 0 unspecified atom stereocenters. The van der Waals surface area contributed by atoms with Gasteiger partial charge in [-0.2, -0.15) is 4.37 Å². The van der Waals surface area contributed by atoms with E-state index in [2.05, 4.69) is 42.3 Å². The number of fused-ring (bicyclic) bond motifs is 1. The van der Waals surface area contributed by atoms with E-state index < -0.39 is 0 Å². The fraction of sp³-hybridized carbons (Fsp3) is 0.389. The highest BCUT2D eigenvalue weighted by Gasteiger charge is 2.15. The lowest BCUT2D eigenvalue weighted by Gasteiger charge is -2.29. The summed E-state index contributed by atoms with van der Waals surface area (Å²) in [5.41, 5.74) is 2.13. The number of nitrogens with zero attached hydrogens (tertiary/aromatic N) is 5. The minimum atomic E-state index is 0.653. The molecule has 0 atom stereocenters. The summed E-state index contributed by atoms with van der Waals surface area (Å²) in [5.74, 6) is 1.57. The average molecular weight is 371 g/mol. The van der Waals surface area contributed by atoms with Gasteiger partial charge < -0.3 is 19.3 Å². The molecule has 3 heterocycles. The number of hydrogen-bond acceptors (Lipinski definition) is 8. The molecule has 1 fully saturated rings. The Hall–Kier alpha value is -2.45. The summed E-state index contributed by atoms with van der Waals surface area (Å²) in [6.07, 6.45) is 1.62. The first-order chi connectivity index (χ1) is 12.7. The summed E-state index contributed by atoms with van der Waals surface area (Å²) in [6.45, 7) is 4.07. The van der Waals surface area contributed by atoms with Crippen molar-refractivity contribution in [3.8, 4) is 5.88 Å². The van der Waals surface area contributed by atoms with Crippen LogP contribution in [-0.4, -0.2) is 54.8 Å². The van der Waals surface area contributed by atoms with Crippen molar-refractivity contribution < 1.29 is 9.47 Å². The first-order valence-corrected chi connectivity index (χ1v) is 9.30. The first kappa shape index (κ1) is 17.0.